The number of amides is 1. The van der Waals surface area contributed by atoms with Gasteiger partial charge >= 0.3 is 0 Å². The van der Waals surface area contributed by atoms with Crippen LogP contribution in [0.2, 0.25) is 0 Å². The van der Waals surface area contributed by atoms with E-state index >= 15 is 0 Å². The van der Waals surface area contributed by atoms with Gasteiger partial charge in [-0.2, -0.15) is 0 Å². The van der Waals surface area contributed by atoms with Crippen LogP contribution in [0, 0.1) is 5.92 Å². The number of carbonyl (C=O) groups excluding carboxylic acids is 1. The van der Waals surface area contributed by atoms with Crippen LogP contribution in [0.5, 0.6) is 0 Å². The minimum atomic E-state index is -0.882. The van der Waals surface area contributed by atoms with Crippen molar-refractivity contribution in [1.29, 1.82) is 0 Å². The average molecular weight is 294 g/mol. The quantitative estimate of drug-likeness (QED) is 0.896. The Morgan fingerprint density at radius 2 is 1.95 bits per heavy atom. The smallest absolute Gasteiger partial charge is 0.245 e. The normalized spacial score (nSPS) is 24.4. The van der Waals surface area contributed by atoms with Gasteiger partial charge in [0.05, 0.1) is 6.17 Å². The predicted octanol–water partition coefficient (Wildman–Crippen LogP) is 1.52. The second kappa shape index (κ2) is 6.50. The van der Waals surface area contributed by atoms with Crippen LogP contribution in [0.4, 0.5) is 0 Å². The molecule has 1 aliphatic rings. The molecule has 0 saturated carbocycles. The van der Waals surface area contributed by atoms with Crippen LogP contribution in [-0.2, 0) is 15.6 Å². The van der Waals surface area contributed by atoms with Crippen LogP contribution in [-0.4, -0.2) is 39.7 Å². The molecule has 3 unspecified atom stereocenters. The first-order valence-electron chi connectivity index (χ1n) is 6.92. The number of nitrogens with one attached hydrogen (secondary N) is 1. The van der Waals surface area contributed by atoms with Crippen molar-refractivity contribution in [3.8, 4) is 0 Å². The highest BCUT2D eigenvalue weighted by molar-refractivity contribution is 7.84. The van der Waals surface area contributed by atoms with Crippen molar-refractivity contribution >= 4 is 16.7 Å². The fourth-order valence-corrected chi connectivity index (χ4v) is 3.00. The standard InChI is InChI=1S/C15H22N2O2S/c1-11(2)14-16-13(12-7-5-4-6-8-12)15(18)17(14)9-10-20(3)19/h4-8,11,13-14,16H,9-10H2,1-3H3. The molecule has 2 rings (SSSR count). The molecule has 0 aromatic heterocycles. The molecule has 1 N–H and O–H groups in total. The second-order valence-electron chi connectivity index (χ2n) is 5.51. The first-order valence-corrected chi connectivity index (χ1v) is 8.65. The molecule has 1 fully saturated rings. The Morgan fingerprint density at radius 1 is 1.30 bits per heavy atom. The summed E-state index contributed by atoms with van der Waals surface area (Å²) in [7, 11) is -0.882. The van der Waals surface area contributed by atoms with E-state index in [1.807, 2.05) is 35.2 Å². The molecule has 110 valence electrons. The van der Waals surface area contributed by atoms with E-state index in [1.165, 1.54) is 0 Å². The summed E-state index contributed by atoms with van der Waals surface area (Å²) in [4.78, 5) is 14.4. The zero-order valence-corrected chi connectivity index (χ0v) is 13.0. The number of rotatable bonds is 5. The molecular formula is C15H22N2O2S. The summed E-state index contributed by atoms with van der Waals surface area (Å²) in [6.07, 6.45) is 1.68. The second-order valence-corrected chi connectivity index (χ2v) is 7.06. The minimum absolute atomic E-state index is 0.0104. The Kier molecular flexibility index (Phi) is 4.94. The van der Waals surface area contributed by atoms with E-state index in [2.05, 4.69) is 19.2 Å². The molecule has 1 saturated heterocycles. The molecule has 20 heavy (non-hydrogen) atoms. The molecular weight excluding hydrogens is 272 g/mol. The van der Waals surface area contributed by atoms with Gasteiger partial charge in [-0.1, -0.05) is 44.2 Å². The van der Waals surface area contributed by atoms with Gasteiger partial charge in [0.1, 0.15) is 6.04 Å². The van der Waals surface area contributed by atoms with Crippen LogP contribution in [0.25, 0.3) is 0 Å². The monoisotopic (exact) mass is 294 g/mol. The maximum Gasteiger partial charge on any atom is 0.245 e. The third-order valence-corrected chi connectivity index (χ3v) is 4.34. The fraction of sp³-hybridized carbons (Fsp3) is 0.533. The fourth-order valence-electron chi connectivity index (χ4n) is 2.55. The summed E-state index contributed by atoms with van der Waals surface area (Å²) in [6, 6.07) is 9.48. The van der Waals surface area contributed by atoms with E-state index in [4.69, 9.17) is 0 Å². The zero-order chi connectivity index (χ0) is 14.7. The van der Waals surface area contributed by atoms with Gasteiger partial charge < -0.3 is 4.90 Å². The Hall–Kier alpha value is -1.20. The Morgan fingerprint density at radius 3 is 2.50 bits per heavy atom. The van der Waals surface area contributed by atoms with Gasteiger partial charge in [0.15, 0.2) is 0 Å². The molecule has 1 aromatic carbocycles. The Balaban J connectivity index is 2.18. The summed E-state index contributed by atoms with van der Waals surface area (Å²) in [6.45, 7) is 4.73. The summed E-state index contributed by atoms with van der Waals surface area (Å²) >= 11 is 0. The van der Waals surface area contributed by atoms with Crippen LogP contribution in [0.15, 0.2) is 30.3 Å². The largest absolute Gasteiger partial charge is 0.324 e. The highest BCUT2D eigenvalue weighted by Gasteiger charge is 2.40. The van der Waals surface area contributed by atoms with Crippen molar-refractivity contribution in [2.45, 2.75) is 26.1 Å². The van der Waals surface area contributed by atoms with Gasteiger partial charge in [-0.3, -0.25) is 14.3 Å². The minimum Gasteiger partial charge on any atom is -0.324 e. The van der Waals surface area contributed by atoms with Crippen molar-refractivity contribution < 1.29 is 9.00 Å². The molecule has 1 aromatic rings. The van der Waals surface area contributed by atoms with Gasteiger partial charge in [0.2, 0.25) is 5.91 Å². The maximum absolute atomic E-state index is 12.6. The maximum atomic E-state index is 12.6. The highest BCUT2D eigenvalue weighted by Crippen LogP contribution is 2.27. The van der Waals surface area contributed by atoms with Crippen LogP contribution in [0.1, 0.15) is 25.5 Å². The van der Waals surface area contributed by atoms with Gasteiger partial charge in [-0.25, -0.2) is 0 Å². The summed E-state index contributed by atoms with van der Waals surface area (Å²) in [5.41, 5.74) is 0.989. The molecule has 3 atom stereocenters. The molecule has 0 spiro atoms. The van der Waals surface area contributed by atoms with E-state index in [9.17, 15) is 9.00 Å². The lowest BCUT2D eigenvalue weighted by atomic mass is 10.1. The Labute approximate surface area is 123 Å². The number of hydrogen-bond acceptors (Lipinski definition) is 3. The van der Waals surface area contributed by atoms with Crippen LogP contribution < -0.4 is 5.32 Å². The van der Waals surface area contributed by atoms with Gasteiger partial charge in [0, 0.05) is 29.4 Å². The first-order chi connectivity index (χ1) is 9.50. The van der Waals surface area contributed by atoms with Crippen LogP contribution >= 0.6 is 0 Å². The number of benzene rings is 1. The SMILES string of the molecule is CC(C)C1NC(c2ccccc2)C(=O)N1CCS(C)=O. The molecule has 1 amide bonds. The van der Waals surface area contributed by atoms with Crippen molar-refractivity contribution in [3.05, 3.63) is 35.9 Å². The summed E-state index contributed by atoms with van der Waals surface area (Å²) in [5, 5.41) is 3.41. The number of nitrogens with zero attached hydrogens (tertiary/aromatic N) is 1. The van der Waals surface area contributed by atoms with E-state index in [1.54, 1.807) is 6.26 Å². The number of hydrogen-bond donors (Lipinski definition) is 1. The molecule has 0 radical (unpaired) electrons. The molecule has 1 aliphatic heterocycles. The van der Waals surface area contributed by atoms with Crippen LogP contribution in [0.3, 0.4) is 0 Å². The third-order valence-electron chi connectivity index (χ3n) is 3.59. The van der Waals surface area contributed by atoms with E-state index in [0.29, 0.717) is 18.2 Å². The van der Waals surface area contributed by atoms with Gasteiger partial charge in [-0.15, -0.1) is 0 Å². The summed E-state index contributed by atoms with van der Waals surface area (Å²) in [5.74, 6) is 0.927. The van der Waals surface area contributed by atoms with Crippen molar-refractivity contribution in [2.24, 2.45) is 5.92 Å². The van der Waals surface area contributed by atoms with Gasteiger partial charge in [0.25, 0.3) is 0 Å². The third kappa shape index (κ3) is 3.27. The first kappa shape index (κ1) is 15.2. The topological polar surface area (TPSA) is 49.4 Å². The molecule has 4 nitrogen and oxygen atoms in total. The van der Waals surface area contributed by atoms with Gasteiger partial charge in [-0.05, 0) is 11.5 Å². The number of carbonyl (C=O) groups is 1. The van der Waals surface area contributed by atoms with E-state index in [-0.39, 0.29) is 18.1 Å². The Bertz CT molecular complexity index is 490. The molecule has 1 heterocycles. The molecule has 5 heteroatoms. The summed E-state index contributed by atoms with van der Waals surface area (Å²) < 4.78 is 11.3. The van der Waals surface area contributed by atoms with E-state index in [0.717, 1.165) is 5.56 Å². The molecule has 0 aliphatic carbocycles. The average Bonchev–Trinajstić information content (AvgIpc) is 2.75. The van der Waals surface area contributed by atoms with Crippen molar-refractivity contribution in [1.82, 2.24) is 10.2 Å². The lowest BCUT2D eigenvalue weighted by Gasteiger charge is -2.26. The molecule has 0 bridgehead atoms. The highest BCUT2D eigenvalue weighted by atomic mass is 32.2. The van der Waals surface area contributed by atoms with Crippen molar-refractivity contribution in [3.63, 3.8) is 0 Å². The predicted molar refractivity (Wildman–Crippen MR) is 81.6 cm³/mol. The lowest BCUT2D eigenvalue weighted by molar-refractivity contribution is -0.130. The zero-order valence-electron chi connectivity index (χ0n) is 12.2. The lowest BCUT2D eigenvalue weighted by Crippen LogP contribution is -2.43. The van der Waals surface area contributed by atoms with E-state index < -0.39 is 10.8 Å². The van der Waals surface area contributed by atoms with Crippen molar-refractivity contribution in [2.75, 3.05) is 18.6 Å².